The SMILES string of the molecule is COC(=O)C1O[C@@H](OCC[C@H]2O[C@@H](Oc3ccc(C(=O)O)cc3)[C@H](O)[C@@H](OC(C)=O)[C@H]2OC(C)=O)[C@H](OC(C)=O)[C@@H](OC(C)=O)[C@@H]1OC(C)=O. The Hall–Kier alpha value is -4.85. The summed E-state index contributed by atoms with van der Waals surface area (Å²) in [6.07, 6.45) is -15.9. The van der Waals surface area contributed by atoms with Crippen molar-refractivity contribution in [2.75, 3.05) is 13.7 Å². The smallest absolute Gasteiger partial charge is 0.339 e. The molecule has 19 heteroatoms. The van der Waals surface area contributed by atoms with Crippen LogP contribution in [0.4, 0.5) is 0 Å². The minimum atomic E-state index is -1.72. The van der Waals surface area contributed by atoms with E-state index >= 15 is 0 Å². The van der Waals surface area contributed by atoms with Crippen LogP contribution in [0.2, 0.25) is 0 Å². The third kappa shape index (κ3) is 10.6. The topological polar surface area (TPSA) is 252 Å². The van der Waals surface area contributed by atoms with E-state index in [0.29, 0.717) is 0 Å². The van der Waals surface area contributed by atoms with Gasteiger partial charge in [-0.3, -0.25) is 24.0 Å². The summed E-state index contributed by atoms with van der Waals surface area (Å²) in [5, 5.41) is 20.3. The van der Waals surface area contributed by atoms with Crippen LogP contribution in [0, 0.1) is 0 Å². The molecule has 2 N–H and O–H groups in total. The maximum Gasteiger partial charge on any atom is 0.339 e. The van der Waals surface area contributed by atoms with E-state index in [2.05, 4.69) is 0 Å². The van der Waals surface area contributed by atoms with Crippen LogP contribution in [0.3, 0.4) is 0 Å². The van der Waals surface area contributed by atoms with Crippen molar-refractivity contribution in [3.05, 3.63) is 29.8 Å². The van der Waals surface area contributed by atoms with Gasteiger partial charge in [-0.15, -0.1) is 0 Å². The van der Waals surface area contributed by atoms with Gasteiger partial charge in [0.05, 0.1) is 19.3 Å². The first-order valence-corrected chi connectivity index (χ1v) is 15.1. The van der Waals surface area contributed by atoms with E-state index in [9.17, 15) is 43.8 Å². The minimum absolute atomic E-state index is 0.0493. The van der Waals surface area contributed by atoms with Crippen LogP contribution in [0.1, 0.15) is 51.4 Å². The van der Waals surface area contributed by atoms with E-state index in [1.165, 1.54) is 24.3 Å². The number of carboxylic acids is 1. The van der Waals surface area contributed by atoms with Gasteiger partial charge >= 0.3 is 41.8 Å². The van der Waals surface area contributed by atoms with Crippen molar-refractivity contribution in [1.82, 2.24) is 0 Å². The van der Waals surface area contributed by atoms with Gasteiger partial charge in [-0.2, -0.15) is 0 Å². The summed E-state index contributed by atoms with van der Waals surface area (Å²) in [6.45, 7) is 4.79. The summed E-state index contributed by atoms with van der Waals surface area (Å²) in [6, 6.07) is 5.08. The zero-order chi connectivity index (χ0) is 37.3. The van der Waals surface area contributed by atoms with Crippen molar-refractivity contribution in [3.8, 4) is 5.75 Å². The first-order valence-electron chi connectivity index (χ1n) is 15.1. The summed E-state index contributed by atoms with van der Waals surface area (Å²) in [7, 11) is 1.02. The number of carboxylic acid groups (broad SMARTS) is 1. The maximum absolute atomic E-state index is 12.7. The van der Waals surface area contributed by atoms with Gasteiger partial charge in [0.25, 0.3) is 0 Å². The number of aromatic carboxylic acids is 1. The van der Waals surface area contributed by atoms with Crippen molar-refractivity contribution >= 4 is 41.8 Å². The fraction of sp³-hybridized carbons (Fsp3) is 0.581. The molecule has 0 amide bonds. The Balaban J connectivity index is 1.92. The Morgan fingerprint density at radius 3 is 1.68 bits per heavy atom. The highest BCUT2D eigenvalue weighted by Gasteiger charge is 2.56. The molecule has 0 spiro atoms. The Morgan fingerprint density at radius 2 is 1.16 bits per heavy atom. The number of ether oxygens (including phenoxy) is 10. The number of carbonyl (C=O) groups is 7. The largest absolute Gasteiger partial charge is 0.478 e. The van der Waals surface area contributed by atoms with Crippen molar-refractivity contribution in [2.45, 2.75) is 102 Å². The molecule has 0 aromatic heterocycles. The lowest BCUT2D eigenvalue weighted by molar-refractivity contribution is -0.307. The first-order chi connectivity index (χ1) is 23.5. The minimum Gasteiger partial charge on any atom is -0.478 e. The molecule has 50 heavy (non-hydrogen) atoms. The molecule has 2 aliphatic heterocycles. The lowest BCUT2D eigenvalue weighted by Gasteiger charge is -2.44. The molecule has 2 aliphatic rings. The van der Waals surface area contributed by atoms with E-state index in [1.54, 1.807) is 0 Å². The van der Waals surface area contributed by atoms with E-state index in [0.717, 1.165) is 41.7 Å². The Morgan fingerprint density at radius 1 is 0.660 bits per heavy atom. The van der Waals surface area contributed by atoms with Crippen molar-refractivity contribution in [3.63, 3.8) is 0 Å². The predicted octanol–water partition coefficient (Wildman–Crippen LogP) is -0.187. The van der Waals surface area contributed by atoms with Crippen LogP contribution in [-0.2, 0) is 71.4 Å². The molecule has 1 aromatic rings. The molecule has 2 fully saturated rings. The van der Waals surface area contributed by atoms with E-state index < -0.39 is 110 Å². The zero-order valence-corrected chi connectivity index (χ0v) is 27.8. The number of aliphatic hydroxyl groups is 1. The van der Waals surface area contributed by atoms with Gasteiger partial charge in [-0.25, -0.2) is 9.59 Å². The average molecular weight is 715 g/mol. The third-order valence-corrected chi connectivity index (χ3v) is 7.09. The number of hydrogen-bond donors (Lipinski definition) is 2. The van der Waals surface area contributed by atoms with E-state index in [4.69, 9.17) is 47.4 Å². The predicted molar refractivity (Wildman–Crippen MR) is 158 cm³/mol. The summed E-state index contributed by atoms with van der Waals surface area (Å²) >= 11 is 0. The molecular formula is C31H38O19. The number of esters is 6. The van der Waals surface area contributed by atoms with Crippen LogP contribution in [0.25, 0.3) is 0 Å². The monoisotopic (exact) mass is 714 g/mol. The quantitative estimate of drug-likeness (QED) is 0.198. The van der Waals surface area contributed by atoms with Crippen LogP contribution in [0.5, 0.6) is 5.75 Å². The molecular weight excluding hydrogens is 676 g/mol. The Kier molecular flexibility index (Phi) is 14.0. The molecule has 2 saturated heterocycles. The van der Waals surface area contributed by atoms with Gasteiger partial charge in [0.15, 0.2) is 49.0 Å². The van der Waals surface area contributed by atoms with E-state index in [1.807, 2.05) is 0 Å². The Bertz CT molecular complexity index is 1410. The van der Waals surface area contributed by atoms with E-state index in [-0.39, 0.29) is 17.7 Å². The molecule has 10 atom stereocenters. The Labute approximate surface area is 284 Å². The first kappa shape index (κ1) is 39.6. The molecule has 1 unspecified atom stereocenters. The number of carbonyl (C=O) groups excluding carboxylic acids is 6. The second-order valence-electron chi connectivity index (χ2n) is 11.0. The highest BCUT2D eigenvalue weighted by Crippen LogP contribution is 2.33. The van der Waals surface area contributed by atoms with Crippen molar-refractivity contribution in [2.24, 2.45) is 0 Å². The molecule has 19 nitrogen and oxygen atoms in total. The zero-order valence-electron chi connectivity index (χ0n) is 27.8. The molecule has 1 aromatic carbocycles. The molecule has 0 saturated carbocycles. The molecule has 0 radical (unpaired) electrons. The van der Waals surface area contributed by atoms with Crippen molar-refractivity contribution in [1.29, 1.82) is 0 Å². The lowest BCUT2D eigenvalue weighted by Crippen LogP contribution is -2.64. The second kappa shape index (κ2) is 17.7. The van der Waals surface area contributed by atoms with Gasteiger partial charge in [0.1, 0.15) is 11.9 Å². The molecule has 276 valence electrons. The molecule has 3 rings (SSSR count). The fourth-order valence-corrected chi connectivity index (χ4v) is 5.21. The number of aliphatic hydroxyl groups excluding tert-OH is 1. The molecule has 0 bridgehead atoms. The summed E-state index contributed by atoms with van der Waals surface area (Å²) in [4.78, 5) is 84.1. The number of hydrogen-bond acceptors (Lipinski definition) is 18. The average Bonchev–Trinajstić information content (AvgIpc) is 3.02. The van der Waals surface area contributed by atoms with Crippen molar-refractivity contribution < 1.29 is 91.1 Å². The van der Waals surface area contributed by atoms with Crippen LogP contribution < -0.4 is 4.74 Å². The fourth-order valence-electron chi connectivity index (χ4n) is 5.21. The number of methoxy groups -OCH3 is 1. The molecule has 0 aliphatic carbocycles. The highest BCUT2D eigenvalue weighted by molar-refractivity contribution is 5.87. The third-order valence-electron chi connectivity index (χ3n) is 7.09. The van der Waals surface area contributed by atoms with Crippen LogP contribution in [-0.4, -0.2) is 127 Å². The van der Waals surface area contributed by atoms with Gasteiger partial charge in [-0.1, -0.05) is 0 Å². The van der Waals surface area contributed by atoms with Gasteiger partial charge in [0, 0.05) is 41.0 Å². The van der Waals surface area contributed by atoms with Crippen LogP contribution >= 0.6 is 0 Å². The molecule has 2 heterocycles. The summed E-state index contributed by atoms with van der Waals surface area (Å²) < 4.78 is 54.6. The second-order valence-corrected chi connectivity index (χ2v) is 11.0. The standard InChI is InChI=1S/C31H38O19/c1-13(32)43-22-20(49-30(21(37)23(22)44-14(2)33)48-19-9-7-18(8-10-19)28(38)39)11-12-42-31-27(47-17(5)36)25(46-16(4)35)24(45-15(3)34)26(50-31)29(40)41-6/h7-10,20-27,30-31,37H,11-12H2,1-6H3,(H,38,39)/t20-,21-,22+,23-,24+,25+,26?,27-,30-,31-/m1/s1. The maximum atomic E-state index is 12.7. The summed E-state index contributed by atoms with van der Waals surface area (Å²) in [5.41, 5.74) is -0.0493. The van der Waals surface area contributed by atoms with Crippen LogP contribution in [0.15, 0.2) is 24.3 Å². The highest BCUT2D eigenvalue weighted by atomic mass is 16.7. The van der Waals surface area contributed by atoms with Gasteiger partial charge in [0.2, 0.25) is 6.29 Å². The lowest BCUT2D eigenvalue weighted by atomic mass is 9.96. The van der Waals surface area contributed by atoms with Gasteiger partial charge < -0.3 is 57.6 Å². The summed E-state index contributed by atoms with van der Waals surface area (Å²) in [5.74, 6) is -6.53. The number of rotatable bonds is 13. The van der Waals surface area contributed by atoms with Gasteiger partial charge in [-0.05, 0) is 24.3 Å². The normalized spacial score (nSPS) is 29.0. The number of benzene rings is 1.